The summed E-state index contributed by atoms with van der Waals surface area (Å²) in [4.78, 5) is 23.6. The normalized spacial score (nSPS) is 11.5. The van der Waals surface area contributed by atoms with Gasteiger partial charge < -0.3 is 9.47 Å². The minimum atomic E-state index is -0.335. The second kappa shape index (κ2) is 8.73. The molecule has 2 rings (SSSR count). The summed E-state index contributed by atoms with van der Waals surface area (Å²) in [5, 5.41) is 0. The first-order valence-corrected chi connectivity index (χ1v) is 7.61. The van der Waals surface area contributed by atoms with Gasteiger partial charge in [0, 0.05) is 0 Å². The Kier molecular flexibility index (Phi) is 6.36. The van der Waals surface area contributed by atoms with E-state index in [0.29, 0.717) is 30.8 Å². The van der Waals surface area contributed by atoms with E-state index in [9.17, 15) is 9.59 Å². The summed E-state index contributed by atoms with van der Waals surface area (Å²) in [6, 6.07) is 17.7. The molecule has 0 saturated heterocycles. The Hall–Kier alpha value is -2.62. The van der Waals surface area contributed by atoms with Crippen molar-refractivity contribution in [3.8, 4) is 0 Å². The average Bonchev–Trinajstić information content (AvgIpc) is 2.61. The van der Waals surface area contributed by atoms with Crippen LogP contribution in [0.1, 0.15) is 34.1 Å². The van der Waals surface area contributed by atoms with Gasteiger partial charge in [0.25, 0.3) is 0 Å². The summed E-state index contributed by atoms with van der Waals surface area (Å²) >= 11 is 0. The standard InChI is InChI=1S/C19H20O4/c1-15(14-23-19(21)17-10-6-3-7-11-17)12-13-22-18(20)16-8-4-2-5-9-16/h2-11,15H,12-14H2,1H3/t15-/m0/s1. The number of rotatable bonds is 7. The maximum absolute atomic E-state index is 11.8. The van der Waals surface area contributed by atoms with E-state index in [2.05, 4.69) is 0 Å². The average molecular weight is 312 g/mol. The highest BCUT2D eigenvalue weighted by molar-refractivity contribution is 5.89. The van der Waals surface area contributed by atoms with Crippen molar-refractivity contribution >= 4 is 11.9 Å². The topological polar surface area (TPSA) is 52.6 Å². The van der Waals surface area contributed by atoms with Crippen LogP contribution in [-0.4, -0.2) is 25.2 Å². The summed E-state index contributed by atoms with van der Waals surface area (Å²) in [5.41, 5.74) is 1.07. The van der Waals surface area contributed by atoms with Gasteiger partial charge in [-0.3, -0.25) is 0 Å². The lowest BCUT2D eigenvalue weighted by Gasteiger charge is -2.12. The summed E-state index contributed by atoms with van der Waals surface area (Å²) in [6.45, 7) is 2.56. The molecule has 4 heteroatoms. The summed E-state index contributed by atoms with van der Waals surface area (Å²) in [5.74, 6) is -0.552. The third-order valence-electron chi connectivity index (χ3n) is 3.36. The Balaban J connectivity index is 1.66. The molecule has 0 radical (unpaired) electrons. The van der Waals surface area contributed by atoms with Gasteiger partial charge in [0.2, 0.25) is 0 Å². The molecule has 1 atom stereocenters. The second-order valence-corrected chi connectivity index (χ2v) is 5.36. The first kappa shape index (κ1) is 16.7. The molecule has 120 valence electrons. The highest BCUT2D eigenvalue weighted by Crippen LogP contribution is 2.08. The first-order chi connectivity index (χ1) is 11.2. The lowest BCUT2D eigenvalue weighted by Crippen LogP contribution is -2.15. The highest BCUT2D eigenvalue weighted by Gasteiger charge is 2.11. The fourth-order valence-corrected chi connectivity index (χ4v) is 1.97. The summed E-state index contributed by atoms with van der Waals surface area (Å²) in [7, 11) is 0. The molecule has 23 heavy (non-hydrogen) atoms. The molecule has 2 aromatic rings. The fraction of sp³-hybridized carbons (Fsp3) is 0.263. The summed E-state index contributed by atoms with van der Waals surface area (Å²) in [6.07, 6.45) is 0.640. The van der Waals surface area contributed by atoms with Crippen LogP contribution in [0.2, 0.25) is 0 Å². The Morgan fingerprint density at radius 3 is 1.83 bits per heavy atom. The van der Waals surface area contributed by atoms with Crippen LogP contribution in [0.25, 0.3) is 0 Å². The van der Waals surface area contributed by atoms with Crippen molar-refractivity contribution in [1.29, 1.82) is 0 Å². The minimum absolute atomic E-state index is 0.117. The maximum Gasteiger partial charge on any atom is 0.338 e. The fourth-order valence-electron chi connectivity index (χ4n) is 1.97. The van der Waals surface area contributed by atoms with Gasteiger partial charge in [0.15, 0.2) is 0 Å². The smallest absolute Gasteiger partial charge is 0.338 e. The van der Waals surface area contributed by atoms with Gasteiger partial charge in [-0.2, -0.15) is 0 Å². The largest absolute Gasteiger partial charge is 0.462 e. The van der Waals surface area contributed by atoms with Crippen LogP contribution < -0.4 is 0 Å². The molecule has 2 aromatic carbocycles. The zero-order chi connectivity index (χ0) is 16.5. The quantitative estimate of drug-likeness (QED) is 0.731. The predicted octanol–water partition coefficient (Wildman–Crippen LogP) is 3.73. The van der Waals surface area contributed by atoms with Crippen LogP contribution in [0, 0.1) is 5.92 Å². The predicted molar refractivity (Wildman–Crippen MR) is 87.2 cm³/mol. The van der Waals surface area contributed by atoms with E-state index in [1.54, 1.807) is 48.5 Å². The van der Waals surface area contributed by atoms with Crippen molar-refractivity contribution in [2.75, 3.05) is 13.2 Å². The summed E-state index contributed by atoms with van der Waals surface area (Å²) < 4.78 is 10.5. The Morgan fingerprint density at radius 1 is 0.826 bits per heavy atom. The van der Waals surface area contributed by atoms with Crippen LogP contribution in [0.3, 0.4) is 0 Å². The zero-order valence-electron chi connectivity index (χ0n) is 13.1. The number of hydrogen-bond acceptors (Lipinski definition) is 4. The van der Waals surface area contributed by atoms with E-state index < -0.39 is 0 Å². The van der Waals surface area contributed by atoms with E-state index in [4.69, 9.17) is 9.47 Å². The number of ether oxygens (including phenoxy) is 2. The highest BCUT2D eigenvalue weighted by atomic mass is 16.5. The van der Waals surface area contributed by atoms with Gasteiger partial charge in [-0.05, 0) is 36.6 Å². The van der Waals surface area contributed by atoms with Crippen molar-refractivity contribution in [3.05, 3.63) is 71.8 Å². The van der Waals surface area contributed by atoms with Crippen molar-refractivity contribution < 1.29 is 19.1 Å². The van der Waals surface area contributed by atoms with Gasteiger partial charge in [-0.1, -0.05) is 43.3 Å². The molecule has 0 unspecified atom stereocenters. The van der Waals surface area contributed by atoms with Crippen LogP contribution in [0.4, 0.5) is 0 Å². The maximum atomic E-state index is 11.8. The molecule has 0 fully saturated rings. The molecule has 0 saturated carbocycles. The van der Waals surface area contributed by atoms with Crippen molar-refractivity contribution in [3.63, 3.8) is 0 Å². The molecule has 0 aromatic heterocycles. The van der Waals surface area contributed by atoms with E-state index >= 15 is 0 Å². The van der Waals surface area contributed by atoms with Crippen molar-refractivity contribution in [2.24, 2.45) is 5.92 Å². The Labute approximate surface area is 136 Å². The number of esters is 2. The minimum Gasteiger partial charge on any atom is -0.462 e. The number of benzene rings is 2. The SMILES string of the molecule is C[C@@H](CCOC(=O)c1ccccc1)COC(=O)c1ccccc1. The van der Waals surface area contributed by atoms with E-state index in [1.165, 1.54) is 0 Å². The molecule has 0 amide bonds. The monoisotopic (exact) mass is 312 g/mol. The molecule has 0 heterocycles. The molecule has 0 aliphatic carbocycles. The lowest BCUT2D eigenvalue weighted by atomic mass is 10.1. The van der Waals surface area contributed by atoms with E-state index in [1.807, 2.05) is 19.1 Å². The molecule has 4 nitrogen and oxygen atoms in total. The second-order valence-electron chi connectivity index (χ2n) is 5.36. The lowest BCUT2D eigenvalue weighted by molar-refractivity contribution is 0.0367. The van der Waals surface area contributed by atoms with Crippen LogP contribution in [0.15, 0.2) is 60.7 Å². The molecule has 0 aliphatic rings. The molecular formula is C19H20O4. The Morgan fingerprint density at radius 2 is 1.30 bits per heavy atom. The number of carbonyl (C=O) groups is 2. The van der Waals surface area contributed by atoms with E-state index in [0.717, 1.165) is 0 Å². The molecule has 0 N–H and O–H groups in total. The molecular weight excluding hydrogens is 292 g/mol. The number of hydrogen-bond donors (Lipinski definition) is 0. The molecule has 0 aliphatic heterocycles. The van der Waals surface area contributed by atoms with Crippen molar-refractivity contribution in [1.82, 2.24) is 0 Å². The van der Waals surface area contributed by atoms with E-state index in [-0.39, 0.29) is 17.9 Å². The first-order valence-electron chi connectivity index (χ1n) is 7.61. The van der Waals surface area contributed by atoms with Crippen LogP contribution in [-0.2, 0) is 9.47 Å². The third-order valence-corrected chi connectivity index (χ3v) is 3.36. The number of carbonyl (C=O) groups excluding carboxylic acids is 2. The van der Waals surface area contributed by atoms with Gasteiger partial charge >= 0.3 is 11.9 Å². The van der Waals surface area contributed by atoms with Gasteiger partial charge in [-0.25, -0.2) is 9.59 Å². The molecule has 0 bridgehead atoms. The molecule has 0 spiro atoms. The van der Waals surface area contributed by atoms with Gasteiger partial charge in [0.05, 0.1) is 24.3 Å². The van der Waals surface area contributed by atoms with Gasteiger partial charge in [0.1, 0.15) is 0 Å². The Bertz CT molecular complexity index is 622. The van der Waals surface area contributed by atoms with Gasteiger partial charge in [-0.15, -0.1) is 0 Å². The van der Waals surface area contributed by atoms with Crippen LogP contribution >= 0.6 is 0 Å². The van der Waals surface area contributed by atoms with Crippen LogP contribution in [0.5, 0.6) is 0 Å². The third kappa shape index (κ3) is 5.58. The zero-order valence-corrected chi connectivity index (χ0v) is 13.1. The van der Waals surface area contributed by atoms with Crippen molar-refractivity contribution in [2.45, 2.75) is 13.3 Å².